The zero-order valence-corrected chi connectivity index (χ0v) is 11.6. The minimum absolute atomic E-state index is 0.488. The van der Waals surface area contributed by atoms with Crippen LogP contribution in [-0.2, 0) is 0 Å². The Morgan fingerprint density at radius 2 is 2.21 bits per heavy atom. The summed E-state index contributed by atoms with van der Waals surface area (Å²) in [6, 6.07) is 6.49. The van der Waals surface area contributed by atoms with E-state index in [-0.39, 0.29) is 0 Å². The number of hydrogen-bond donors (Lipinski definition) is 1. The van der Waals surface area contributed by atoms with Gasteiger partial charge in [-0.1, -0.05) is 19.8 Å². The Morgan fingerprint density at radius 3 is 2.95 bits per heavy atom. The van der Waals surface area contributed by atoms with E-state index in [1.165, 1.54) is 25.7 Å². The molecule has 2 aromatic rings. The molecule has 0 radical (unpaired) electrons. The van der Waals surface area contributed by atoms with Gasteiger partial charge in [-0.15, -0.1) is 0 Å². The van der Waals surface area contributed by atoms with E-state index in [1.54, 1.807) is 7.11 Å². The quantitative estimate of drug-likeness (QED) is 0.899. The summed E-state index contributed by atoms with van der Waals surface area (Å²) < 4.78 is 7.46. The molecule has 1 fully saturated rings. The second-order valence-corrected chi connectivity index (χ2v) is 5.62. The molecular weight excluding hydrogens is 238 g/mol. The Bertz CT molecular complexity index is 590. The third kappa shape index (κ3) is 2.15. The fraction of sp³-hybridized carbons (Fsp3) is 0.533. The standard InChI is InChI=1S/C15H21N3O/c1-10-4-3-5-11(8-10)18-14-7-6-12(19-2)9-13(14)17-15(18)16/h6-7,9-11H,3-5,8H2,1-2H3,(H2,16,17). The highest BCUT2D eigenvalue weighted by atomic mass is 16.5. The molecular formula is C15H21N3O. The van der Waals surface area contributed by atoms with E-state index in [4.69, 9.17) is 10.5 Å². The van der Waals surface area contributed by atoms with Crippen LogP contribution in [-0.4, -0.2) is 16.7 Å². The molecule has 1 aliphatic carbocycles. The first kappa shape index (κ1) is 12.3. The average molecular weight is 259 g/mol. The molecule has 0 aliphatic heterocycles. The van der Waals surface area contributed by atoms with Gasteiger partial charge < -0.3 is 15.0 Å². The molecule has 1 aromatic heterocycles. The lowest BCUT2D eigenvalue weighted by Crippen LogP contribution is -2.19. The van der Waals surface area contributed by atoms with Gasteiger partial charge in [0.15, 0.2) is 0 Å². The molecule has 0 amide bonds. The highest BCUT2D eigenvalue weighted by Crippen LogP contribution is 2.36. The number of nitrogens with two attached hydrogens (primary N) is 1. The smallest absolute Gasteiger partial charge is 0.201 e. The molecule has 2 N–H and O–H groups in total. The third-order valence-electron chi connectivity index (χ3n) is 4.20. The van der Waals surface area contributed by atoms with Crippen LogP contribution in [0.25, 0.3) is 11.0 Å². The van der Waals surface area contributed by atoms with Gasteiger partial charge in [0.2, 0.25) is 5.95 Å². The Labute approximate surface area is 113 Å². The Morgan fingerprint density at radius 1 is 1.37 bits per heavy atom. The molecule has 0 saturated heterocycles. The Balaban J connectivity index is 2.05. The number of aromatic nitrogens is 2. The zero-order valence-electron chi connectivity index (χ0n) is 11.6. The molecule has 4 nitrogen and oxygen atoms in total. The first-order chi connectivity index (χ1) is 9.19. The maximum Gasteiger partial charge on any atom is 0.201 e. The van der Waals surface area contributed by atoms with Crippen molar-refractivity contribution < 1.29 is 4.74 Å². The molecule has 1 heterocycles. The molecule has 1 aromatic carbocycles. The number of fused-ring (bicyclic) bond motifs is 1. The number of ether oxygens (including phenoxy) is 1. The fourth-order valence-electron chi connectivity index (χ4n) is 3.24. The predicted octanol–water partition coefficient (Wildman–Crippen LogP) is 3.38. The normalized spacial score (nSPS) is 23.7. The van der Waals surface area contributed by atoms with Gasteiger partial charge in [-0.2, -0.15) is 0 Å². The van der Waals surface area contributed by atoms with E-state index in [2.05, 4.69) is 22.5 Å². The molecule has 1 aliphatic rings. The van der Waals surface area contributed by atoms with Gasteiger partial charge >= 0.3 is 0 Å². The number of nitrogen functional groups attached to an aromatic ring is 1. The number of methoxy groups -OCH3 is 1. The van der Waals surface area contributed by atoms with Crippen molar-refractivity contribution in [2.75, 3.05) is 12.8 Å². The molecule has 19 heavy (non-hydrogen) atoms. The van der Waals surface area contributed by atoms with Gasteiger partial charge in [-0.05, 0) is 30.9 Å². The van der Waals surface area contributed by atoms with E-state index < -0.39 is 0 Å². The van der Waals surface area contributed by atoms with Crippen molar-refractivity contribution >= 4 is 17.0 Å². The first-order valence-electron chi connectivity index (χ1n) is 7.00. The van der Waals surface area contributed by atoms with Gasteiger partial charge in [-0.3, -0.25) is 0 Å². The maximum absolute atomic E-state index is 6.13. The molecule has 4 heteroatoms. The van der Waals surface area contributed by atoms with Crippen LogP contribution in [0.2, 0.25) is 0 Å². The Kier molecular flexibility index (Phi) is 3.09. The van der Waals surface area contributed by atoms with Gasteiger partial charge in [-0.25, -0.2) is 4.98 Å². The zero-order chi connectivity index (χ0) is 13.4. The highest BCUT2D eigenvalue weighted by Gasteiger charge is 2.23. The maximum atomic E-state index is 6.13. The molecule has 1 saturated carbocycles. The number of nitrogens with zero attached hydrogens (tertiary/aromatic N) is 2. The van der Waals surface area contributed by atoms with Crippen LogP contribution in [0, 0.1) is 5.92 Å². The number of imidazole rings is 1. The monoisotopic (exact) mass is 259 g/mol. The van der Waals surface area contributed by atoms with Crippen LogP contribution in [0.1, 0.15) is 38.6 Å². The summed E-state index contributed by atoms with van der Waals surface area (Å²) in [5.41, 5.74) is 8.18. The Hall–Kier alpha value is -1.71. The lowest BCUT2D eigenvalue weighted by Gasteiger charge is -2.28. The second kappa shape index (κ2) is 4.76. The number of anilines is 1. The third-order valence-corrected chi connectivity index (χ3v) is 4.20. The number of benzene rings is 1. The van der Waals surface area contributed by atoms with Gasteiger partial charge in [0.1, 0.15) is 5.75 Å². The molecule has 102 valence electrons. The molecule has 3 rings (SSSR count). The molecule has 0 spiro atoms. The summed E-state index contributed by atoms with van der Waals surface area (Å²) in [6.07, 6.45) is 5.01. The molecule has 2 atom stereocenters. The van der Waals surface area contributed by atoms with Crippen molar-refractivity contribution in [2.24, 2.45) is 5.92 Å². The van der Waals surface area contributed by atoms with Gasteiger partial charge in [0.25, 0.3) is 0 Å². The van der Waals surface area contributed by atoms with Gasteiger partial charge in [0, 0.05) is 12.1 Å². The molecule has 2 unspecified atom stereocenters. The van der Waals surface area contributed by atoms with Crippen LogP contribution in [0.3, 0.4) is 0 Å². The summed E-state index contributed by atoms with van der Waals surface area (Å²) in [5.74, 6) is 2.23. The van der Waals surface area contributed by atoms with Crippen molar-refractivity contribution in [3.8, 4) is 5.75 Å². The second-order valence-electron chi connectivity index (χ2n) is 5.62. The summed E-state index contributed by atoms with van der Waals surface area (Å²) in [7, 11) is 1.67. The minimum Gasteiger partial charge on any atom is -0.497 e. The van der Waals surface area contributed by atoms with E-state index in [0.29, 0.717) is 12.0 Å². The first-order valence-corrected chi connectivity index (χ1v) is 7.00. The van der Waals surface area contributed by atoms with Crippen molar-refractivity contribution in [2.45, 2.75) is 38.6 Å². The van der Waals surface area contributed by atoms with Crippen molar-refractivity contribution in [3.63, 3.8) is 0 Å². The van der Waals surface area contributed by atoms with Crippen LogP contribution < -0.4 is 10.5 Å². The highest BCUT2D eigenvalue weighted by molar-refractivity contribution is 5.80. The fourth-order valence-corrected chi connectivity index (χ4v) is 3.24. The van der Waals surface area contributed by atoms with E-state index in [0.717, 1.165) is 22.7 Å². The van der Waals surface area contributed by atoms with Crippen LogP contribution in [0.5, 0.6) is 5.75 Å². The van der Waals surface area contributed by atoms with Crippen molar-refractivity contribution in [1.29, 1.82) is 0 Å². The predicted molar refractivity (Wildman–Crippen MR) is 77.4 cm³/mol. The SMILES string of the molecule is COc1ccc2c(c1)nc(N)n2C1CCCC(C)C1. The minimum atomic E-state index is 0.488. The summed E-state index contributed by atoms with van der Waals surface area (Å²) in [4.78, 5) is 4.48. The van der Waals surface area contributed by atoms with Crippen LogP contribution in [0.4, 0.5) is 5.95 Å². The van der Waals surface area contributed by atoms with Gasteiger partial charge in [0.05, 0.1) is 18.1 Å². The topological polar surface area (TPSA) is 53.1 Å². The van der Waals surface area contributed by atoms with E-state index >= 15 is 0 Å². The van der Waals surface area contributed by atoms with Crippen molar-refractivity contribution in [1.82, 2.24) is 9.55 Å². The lowest BCUT2D eigenvalue weighted by atomic mass is 9.87. The summed E-state index contributed by atoms with van der Waals surface area (Å²) in [5, 5.41) is 0. The molecule has 0 bridgehead atoms. The van der Waals surface area contributed by atoms with Crippen LogP contribution in [0.15, 0.2) is 18.2 Å². The largest absolute Gasteiger partial charge is 0.497 e. The number of hydrogen-bond acceptors (Lipinski definition) is 3. The summed E-state index contributed by atoms with van der Waals surface area (Å²) >= 11 is 0. The van der Waals surface area contributed by atoms with Crippen LogP contribution >= 0.6 is 0 Å². The van der Waals surface area contributed by atoms with Crippen molar-refractivity contribution in [3.05, 3.63) is 18.2 Å². The van der Waals surface area contributed by atoms with E-state index in [1.807, 2.05) is 12.1 Å². The summed E-state index contributed by atoms with van der Waals surface area (Å²) in [6.45, 7) is 2.32. The van der Waals surface area contributed by atoms with E-state index in [9.17, 15) is 0 Å². The average Bonchev–Trinajstić information content (AvgIpc) is 2.73. The number of rotatable bonds is 2. The lowest BCUT2D eigenvalue weighted by molar-refractivity contribution is 0.289.